The number of esters is 1. The molecule has 1 aliphatic rings. The van der Waals surface area contributed by atoms with Gasteiger partial charge in [-0.05, 0) is 18.7 Å². The van der Waals surface area contributed by atoms with Crippen molar-refractivity contribution >= 4 is 23.7 Å². The highest BCUT2D eigenvalue weighted by atomic mass is 32.2. The number of hydrogen-bond donors (Lipinski definition) is 1. The number of methoxy groups -OCH3 is 1. The molecule has 1 aliphatic heterocycles. The molecule has 0 spiro atoms. The summed E-state index contributed by atoms with van der Waals surface area (Å²) < 4.78 is 20.9. The Balaban J connectivity index is 2.26. The van der Waals surface area contributed by atoms with Crippen LogP contribution in [0.1, 0.15) is 24.9 Å². The molecular formula is C16H17FN4O2S. The first-order valence-electron chi connectivity index (χ1n) is 7.44. The molecule has 1 N–H and O–H groups in total. The van der Waals surface area contributed by atoms with Crippen molar-refractivity contribution in [3.05, 3.63) is 46.9 Å². The summed E-state index contributed by atoms with van der Waals surface area (Å²) in [5.41, 5.74) is 1.35. The van der Waals surface area contributed by atoms with E-state index in [9.17, 15) is 9.18 Å². The van der Waals surface area contributed by atoms with Crippen LogP contribution in [0.25, 0.3) is 0 Å². The zero-order chi connectivity index (χ0) is 17.3. The van der Waals surface area contributed by atoms with Crippen LogP contribution < -0.4 is 5.32 Å². The number of hydrogen-bond acceptors (Lipinski definition) is 6. The van der Waals surface area contributed by atoms with Crippen molar-refractivity contribution in [3.63, 3.8) is 0 Å². The second-order valence-electron chi connectivity index (χ2n) is 5.15. The summed E-state index contributed by atoms with van der Waals surface area (Å²) in [4.78, 5) is 16.8. The predicted molar refractivity (Wildman–Crippen MR) is 89.3 cm³/mol. The number of thioether (sulfide) groups is 1. The van der Waals surface area contributed by atoms with Crippen molar-refractivity contribution in [1.29, 1.82) is 0 Å². The quantitative estimate of drug-likeness (QED) is 0.677. The van der Waals surface area contributed by atoms with Gasteiger partial charge in [-0.2, -0.15) is 4.98 Å². The summed E-state index contributed by atoms with van der Waals surface area (Å²) in [7, 11) is 1.31. The fraction of sp³-hybridized carbons (Fsp3) is 0.312. The summed E-state index contributed by atoms with van der Waals surface area (Å²) in [6, 6.07) is 5.62. The molecule has 0 saturated heterocycles. The maximum Gasteiger partial charge on any atom is 0.338 e. The van der Waals surface area contributed by atoms with E-state index >= 15 is 0 Å². The smallest absolute Gasteiger partial charge is 0.338 e. The first-order valence-corrected chi connectivity index (χ1v) is 8.66. The zero-order valence-electron chi connectivity index (χ0n) is 13.5. The van der Waals surface area contributed by atoms with Crippen molar-refractivity contribution < 1.29 is 13.9 Å². The molecule has 0 aliphatic carbocycles. The van der Waals surface area contributed by atoms with E-state index in [1.165, 1.54) is 29.6 Å². The summed E-state index contributed by atoms with van der Waals surface area (Å²) in [6.07, 6.45) is 2.41. The minimum absolute atomic E-state index is 0.343. The van der Waals surface area contributed by atoms with Crippen LogP contribution in [0.2, 0.25) is 0 Å². The lowest BCUT2D eigenvalue weighted by atomic mass is 9.94. The molecular weight excluding hydrogens is 331 g/mol. The molecule has 1 unspecified atom stereocenters. The molecule has 2 heterocycles. The van der Waals surface area contributed by atoms with Crippen LogP contribution in [0.15, 0.2) is 40.7 Å². The van der Waals surface area contributed by atoms with E-state index in [0.717, 1.165) is 0 Å². The average molecular weight is 348 g/mol. The Bertz CT molecular complexity index is 818. The van der Waals surface area contributed by atoms with E-state index in [0.29, 0.717) is 34.4 Å². The highest BCUT2D eigenvalue weighted by Gasteiger charge is 2.36. The number of rotatable bonds is 4. The number of nitrogens with one attached hydrogen (secondary N) is 1. The van der Waals surface area contributed by atoms with Crippen LogP contribution in [-0.2, 0) is 9.53 Å². The zero-order valence-corrected chi connectivity index (χ0v) is 14.4. The molecule has 0 bridgehead atoms. The molecule has 0 saturated carbocycles. The molecule has 0 radical (unpaired) electrons. The van der Waals surface area contributed by atoms with E-state index in [-0.39, 0.29) is 0 Å². The Morgan fingerprint density at radius 3 is 2.83 bits per heavy atom. The lowest BCUT2D eigenvalue weighted by Gasteiger charge is -2.28. The van der Waals surface area contributed by atoms with Crippen LogP contribution in [-0.4, -0.2) is 34.1 Å². The third kappa shape index (κ3) is 2.66. The first kappa shape index (κ1) is 16.5. The van der Waals surface area contributed by atoms with Crippen molar-refractivity contribution in [2.45, 2.75) is 24.5 Å². The van der Waals surface area contributed by atoms with Crippen molar-refractivity contribution in [2.75, 3.05) is 18.7 Å². The number of carbonyl (C=O) groups is 1. The Kier molecular flexibility index (Phi) is 4.57. The van der Waals surface area contributed by atoms with Gasteiger partial charge in [0, 0.05) is 11.3 Å². The third-order valence-corrected chi connectivity index (χ3v) is 4.40. The number of anilines is 1. The fourth-order valence-electron chi connectivity index (χ4n) is 2.75. The van der Waals surface area contributed by atoms with E-state index in [2.05, 4.69) is 15.4 Å². The Morgan fingerprint density at radius 1 is 1.46 bits per heavy atom. The van der Waals surface area contributed by atoms with Gasteiger partial charge in [0.05, 0.1) is 12.7 Å². The molecule has 0 fully saturated rings. The molecule has 6 nitrogen and oxygen atoms in total. The fourth-order valence-corrected chi connectivity index (χ4v) is 3.10. The summed E-state index contributed by atoms with van der Waals surface area (Å²) in [6.45, 7) is 1.91. The van der Waals surface area contributed by atoms with Gasteiger partial charge in [0.1, 0.15) is 11.9 Å². The summed E-state index contributed by atoms with van der Waals surface area (Å²) in [5, 5.41) is 8.06. The monoisotopic (exact) mass is 348 g/mol. The van der Waals surface area contributed by atoms with E-state index in [1.54, 1.807) is 18.2 Å². The minimum Gasteiger partial charge on any atom is -0.466 e. The number of halogens is 1. The number of nitrogens with zero attached hydrogens (tertiary/aromatic N) is 3. The van der Waals surface area contributed by atoms with Crippen LogP contribution in [0, 0.1) is 5.82 Å². The third-order valence-electron chi connectivity index (χ3n) is 3.86. The van der Waals surface area contributed by atoms with Crippen LogP contribution in [0.4, 0.5) is 10.3 Å². The van der Waals surface area contributed by atoms with Gasteiger partial charge < -0.3 is 10.1 Å². The Hall–Kier alpha value is -2.35. The van der Waals surface area contributed by atoms with Gasteiger partial charge in [-0.25, -0.2) is 13.9 Å². The summed E-state index contributed by atoms with van der Waals surface area (Å²) in [5.74, 6) is -0.440. The maximum absolute atomic E-state index is 14.5. The van der Waals surface area contributed by atoms with E-state index in [4.69, 9.17) is 4.74 Å². The van der Waals surface area contributed by atoms with Gasteiger partial charge in [0.25, 0.3) is 0 Å². The van der Waals surface area contributed by atoms with Gasteiger partial charge in [0.15, 0.2) is 0 Å². The highest BCUT2D eigenvalue weighted by Crippen LogP contribution is 2.38. The van der Waals surface area contributed by atoms with Crippen molar-refractivity contribution in [3.8, 4) is 0 Å². The van der Waals surface area contributed by atoms with Crippen LogP contribution in [0.3, 0.4) is 0 Å². The standard InChI is InChI=1S/C16H17FN4O2S/c1-4-11-12(14(22)23-2)13(9-7-5-6-8-10(9)17)21-15(18-11)19-16(20-21)24-3/h5-8,13H,4H2,1-3H3,(H,18,19,20). The average Bonchev–Trinajstić information content (AvgIpc) is 3.03. The molecule has 3 rings (SSSR count). The number of fused-ring (bicyclic) bond motifs is 1. The van der Waals surface area contributed by atoms with Crippen molar-refractivity contribution in [1.82, 2.24) is 14.8 Å². The largest absolute Gasteiger partial charge is 0.466 e. The normalized spacial score (nSPS) is 16.6. The molecule has 126 valence electrons. The van der Waals surface area contributed by atoms with E-state index in [1.807, 2.05) is 13.2 Å². The van der Waals surface area contributed by atoms with Gasteiger partial charge in [0.2, 0.25) is 11.1 Å². The second-order valence-corrected chi connectivity index (χ2v) is 5.93. The number of benzene rings is 1. The lowest BCUT2D eigenvalue weighted by molar-refractivity contribution is -0.136. The minimum atomic E-state index is -0.724. The van der Waals surface area contributed by atoms with Gasteiger partial charge in [-0.3, -0.25) is 0 Å². The van der Waals surface area contributed by atoms with Crippen LogP contribution in [0.5, 0.6) is 0 Å². The Labute approximate surface area is 143 Å². The SMILES string of the molecule is CCC1=C(C(=O)OC)C(c2ccccc2F)n2nc(SC)nc2N1. The first-order chi connectivity index (χ1) is 11.6. The number of carbonyl (C=O) groups excluding carboxylic acids is 1. The van der Waals surface area contributed by atoms with Gasteiger partial charge in [-0.15, -0.1) is 5.10 Å². The van der Waals surface area contributed by atoms with Gasteiger partial charge >= 0.3 is 5.97 Å². The molecule has 1 atom stereocenters. The maximum atomic E-state index is 14.5. The molecule has 2 aromatic rings. The van der Waals surface area contributed by atoms with Gasteiger partial charge in [-0.1, -0.05) is 36.9 Å². The number of allylic oxidation sites excluding steroid dienone is 1. The number of ether oxygens (including phenoxy) is 1. The summed E-state index contributed by atoms with van der Waals surface area (Å²) >= 11 is 1.38. The van der Waals surface area contributed by atoms with Crippen molar-refractivity contribution in [2.24, 2.45) is 0 Å². The predicted octanol–water partition coefficient (Wildman–Crippen LogP) is 2.99. The lowest BCUT2D eigenvalue weighted by Crippen LogP contribution is -2.30. The topological polar surface area (TPSA) is 69.0 Å². The number of aromatic nitrogens is 3. The molecule has 1 aromatic carbocycles. The Morgan fingerprint density at radius 2 is 2.21 bits per heavy atom. The molecule has 1 aromatic heterocycles. The second kappa shape index (κ2) is 6.64. The van der Waals surface area contributed by atoms with E-state index < -0.39 is 17.8 Å². The molecule has 24 heavy (non-hydrogen) atoms. The highest BCUT2D eigenvalue weighted by molar-refractivity contribution is 7.98. The molecule has 0 amide bonds. The molecule has 8 heteroatoms. The van der Waals surface area contributed by atoms with Crippen LogP contribution >= 0.6 is 11.8 Å².